The first-order chi connectivity index (χ1) is 16.4. The molecule has 0 bridgehead atoms. The average molecular weight is 487 g/mol. The molecular formula is C24H28F2N6OS. The fourth-order valence-corrected chi connectivity index (χ4v) is 5.98. The first-order valence-electron chi connectivity index (χ1n) is 11.5. The van der Waals surface area contributed by atoms with Gasteiger partial charge in [0.15, 0.2) is 0 Å². The summed E-state index contributed by atoms with van der Waals surface area (Å²) in [6, 6.07) is 5.69. The molecule has 2 N–H and O–H groups in total. The fraction of sp³-hybridized carbons (Fsp3) is 0.458. The SMILES string of the molecule is CN(C)C(=O)c1sc2cnc(Nc3ccc(N4CCNCC4)cn3)cc2c1C1C(F)CCC1F. The molecule has 2 aliphatic rings. The van der Waals surface area contributed by atoms with Gasteiger partial charge in [-0.15, -0.1) is 11.3 Å². The second kappa shape index (κ2) is 9.42. The normalized spacial score (nSPS) is 22.8. The maximum atomic E-state index is 14.8. The molecule has 0 radical (unpaired) electrons. The Bertz CT molecular complexity index is 1170. The van der Waals surface area contributed by atoms with Gasteiger partial charge in [0.25, 0.3) is 5.91 Å². The lowest BCUT2D eigenvalue weighted by atomic mass is 9.92. The third-order valence-corrected chi connectivity index (χ3v) is 7.68. The Balaban J connectivity index is 1.47. The van der Waals surface area contributed by atoms with Crippen molar-refractivity contribution in [2.45, 2.75) is 31.1 Å². The average Bonchev–Trinajstić information content (AvgIpc) is 3.37. The van der Waals surface area contributed by atoms with Gasteiger partial charge < -0.3 is 20.4 Å². The van der Waals surface area contributed by atoms with Crippen molar-refractivity contribution in [3.8, 4) is 0 Å². The van der Waals surface area contributed by atoms with Crippen LogP contribution in [0.4, 0.5) is 26.1 Å². The molecule has 1 saturated heterocycles. The summed E-state index contributed by atoms with van der Waals surface area (Å²) in [6.07, 6.45) is 1.19. The first kappa shape index (κ1) is 22.9. The first-order valence-corrected chi connectivity index (χ1v) is 12.3. The molecule has 1 amide bonds. The Morgan fingerprint density at radius 1 is 1.12 bits per heavy atom. The third kappa shape index (κ3) is 4.32. The Labute approximate surface area is 201 Å². The molecule has 7 nitrogen and oxygen atoms in total. The molecule has 2 atom stereocenters. The van der Waals surface area contributed by atoms with Crippen molar-refractivity contribution in [2.75, 3.05) is 50.5 Å². The van der Waals surface area contributed by atoms with Gasteiger partial charge in [-0.05, 0) is 36.6 Å². The number of hydrogen-bond donors (Lipinski definition) is 2. The highest BCUT2D eigenvalue weighted by atomic mass is 32.1. The van der Waals surface area contributed by atoms with E-state index in [-0.39, 0.29) is 18.7 Å². The van der Waals surface area contributed by atoms with Gasteiger partial charge in [-0.2, -0.15) is 0 Å². The maximum absolute atomic E-state index is 14.8. The number of carbonyl (C=O) groups excluding carboxylic acids is 1. The number of alkyl halides is 2. The number of hydrogen-bond acceptors (Lipinski definition) is 7. The molecule has 2 unspecified atom stereocenters. The minimum absolute atomic E-state index is 0.165. The standard InChI is InChI=1S/C24H28F2N6OS/c1-31(2)24(33)23-21(22-16(25)4-5-17(22)26)15-11-20(29-13-18(15)34-23)30-19-6-3-14(12-28-19)32-9-7-27-8-10-32/h3,6,11-13,16-17,22,27H,4-5,7-10H2,1-2H3,(H,28,29,30). The van der Waals surface area contributed by atoms with Crippen LogP contribution < -0.4 is 15.5 Å². The third-order valence-electron chi connectivity index (χ3n) is 6.53. The summed E-state index contributed by atoms with van der Waals surface area (Å²) in [5.41, 5.74) is 1.52. The van der Waals surface area contributed by atoms with E-state index in [2.05, 4.69) is 25.5 Å². The smallest absolute Gasteiger partial charge is 0.263 e. The quantitative estimate of drug-likeness (QED) is 0.566. The molecule has 4 heterocycles. The fourth-order valence-electron chi connectivity index (χ4n) is 4.75. The molecule has 0 aromatic carbocycles. The number of nitrogens with zero attached hydrogens (tertiary/aromatic N) is 4. The van der Waals surface area contributed by atoms with Crippen LogP contribution in [0.25, 0.3) is 10.1 Å². The van der Waals surface area contributed by atoms with Gasteiger partial charge in [0.05, 0.1) is 21.5 Å². The van der Waals surface area contributed by atoms with Gasteiger partial charge in [-0.3, -0.25) is 4.79 Å². The lowest BCUT2D eigenvalue weighted by Gasteiger charge is -2.29. The van der Waals surface area contributed by atoms with E-state index in [0.29, 0.717) is 27.5 Å². The number of thiophene rings is 1. The summed E-state index contributed by atoms with van der Waals surface area (Å²) < 4.78 is 30.3. The molecule has 1 aliphatic heterocycles. The van der Waals surface area contributed by atoms with Crippen molar-refractivity contribution in [2.24, 2.45) is 0 Å². The van der Waals surface area contributed by atoms with Gasteiger partial charge in [0.1, 0.15) is 24.0 Å². The lowest BCUT2D eigenvalue weighted by molar-refractivity contribution is 0.0830. The summed E-state index contributed by atoms with van der Waals surface area (Å²) in [7, 11) is 3.29. The molecule has 5 rings (SSSR count). The summed E-state index contributed by atoms with van der Waals surface area (Å²) in [5, 5.41) is 7.20. The van der Waals surface area contributed by atoms with Crippen LogP contribution in [-0.4, -0.2) is 73.4 Å². The molecule has 180 valence electrons. The van der Waals surface area contributed by atoms with Gasteiger partial charge >= 0.3 is 0 Å². The summed E-state index contributed by atoms with van der Waals surface area (Å²) in [4.78, 5) is 26.0. The number of halogens is 2. The minimum atomic E-state index is -1.31. The number of amides is 1. The zero-order valence-corrected chi connectivity index (χ0v) is 20.0. The number of anilines is 3. The molecule has 0 spiro atoms. The largest absolute Gasteiger partial charge is 0.368 e. The monoisotopic (exact) mass is 486 g/mol. The van der Waals surface area contributed by atoms with Crippen LogP contribution in [0.1, 0.15) is 34.0 Å². The number of pyridine rings is 2. The van der Waals surface area contributed by atoms with E-state index in [4.69, 9.17) is 0 Å². The van der Waals surface area contributed by atoms with Crippen LogP contribution in [0.15, 0.2) is 30.6 Å². The lowest BCUT2D eigenvalue weighted by Crippen LogP contribution is -2.43. The number of fused-ring (bicyclic) bond motifs is 1. The number of carbonyl (C=O) groups is 1. The van der Waals surface area contributed by atoms with Crippen molar-refractivity contribution in [1.29, 1.82) is 0 Å². The highest BCUT2D eigenvalue weighted by Crippen LogP contribution is 2.46. The molecule has 10 heteroatoms. The molecule has 1 aliphatic carbocycles. The van der Waals surface area contributed by atoms with Gasteiger partial charge in [0.2, 0.25) is 0 Å². The van der Waals surface area contributed by atoms with Crippen molar-refractivity contribution in [3.63, 3.8) is 0 Å². The number of piperazine rings is 1. The second-order valence-electron chi connectivity index (χ2n) is 9.01. The highest BCUT2D eigenvalue weighted by Gasteiger charge is 2.41. The molecule has 34 heavy (non-hydrogen) atoms. The van der Waals surface area contributed by atoms with Crippen molar-refractivity contribution in [3.05, 3.63) is 41.0 Å². The Morgan fingerprint density at radius 2 is 1.82 bits per heavy atom. The van der Waals surface area contributed by atoms with Gasteiger partial charge in [-0.25, -0.2) is 18.7 Å². The van der Waals surface area contributed by atoms with E-state index in [1.807, 2.05) is 18.3 Å². The van der Waals surface area contributed by atoms with Crippen molar-refractivity contribution in [1.82, 2.24) is 20.2 Å². The maximum Gasteiger partial charge on any atom is 0.263 e. The Morgan fingerprint density at radius 3 is 2.47 bits per heavy atom. The molecule has 1 saturated carbocycles. The summed E-state index contributed by atoms with van der Waals surface area (Å²) in [5.74, 6) is -0.0529. The predicted molar refractivity (Wildman–Crippen MR) is 132 cm³/mol. The van der Waals surface area contributed by atoms with E-state index < -0.39 is 18.3 Å². The van der Waals surface area contributed by atoms with Crippen LogP contribution in [-0.2, 0) is 0 Å². The van der Waals surface area contributed by atoms with Crippen molar-refractivity contribution >= 4 is 44.7 Å². The molecule has 3 aromatic heterocycles. The minimum Gasteiger partial charge on any atom is -0.368 e. The van der Waals surface area contributed by atoms with Crippen molar-refractivity contribution < 1.29 is 13.6 Å². The topological polar surface area (TPSA) is 73.4 Å². The van der Waals surface area contributed by atoms with Crippen LogP contribution in [0.3, 0.4) is 0 Å². The highest BCUT2D eigenvalue weighted by molar-refractivity contribution is 7.21. The van der Waals surface area contributed by atoms with Gasteiger partial charge in [0, 0.05) is 57.8 Å². The van der Waals surface area contributed by atoms with Crippen LogP contribution >= 0.6 is 11.3 Å². The Kier molecular flexibility index (Phi) is 6.35. The van der Waals surface area contributed by atoms with E-state index in [0.717, 1.165) is 36.6 Å². The summed E-state index contributed by atoms with van der Waals surface area (Å²) in [6.45, 7) is 3.78. The van der Waals surface area contributed by atoms with Crippen LogP contribution in [0, 0.1) is 0 Å². The zero-order chi connectivity index (χ0) is 23.8. The van der Waals surface area contributed by atoms with Crippen LogP contribution in [0.2, 0.25) is 0 Å². The van der Waals surface area contributed by atoms with E-state index in [9.17, 15) is 13.6 Å². The molecule has 2 fully saturated rings. The molecular weight excluding hydrogens is 458 g/mol. The van der Waals surface area contributed by atoms with Crippen LogP contribution in [0.5, 0.6) is 0 Å². The number of aromatic nitrogens is 2. The van der Waals surface area contributed by atoms with Gasteiger partial charge in [-0.1, -0.05) is 0 Å². The predicted octanol–water partition coefficient (Wildman–Crippen LogP) is 4.10. The number of nitrogens with one attached hydrogen (secondary N) is 2. The second-order valence-corrected chi connectivity index (χ2v) is 10.1. The Hall–Kier alpha value is -2.85. The van der Waals surface area contributed by atoms with E-state index in [1.165, 1.54) is 16.2 Å². The number of rotatable bonds is 5. The zero-order valence-electron chi connectivity index (χ0n) is 19.2. The summed E-state index contributed by atoms with van der Waals surface area (Å²) >= 11 is 1.24. The van der Waals surface area contributed by atoms with E-state index in [1.54, 1.807) is 26.4 Å². The molecule has 3 aromatic rings. The van der Waals surface area contributed by atoms with E-state index >= 15 is 0 Å².